The van der Waals surface area contributed by atoms with Crippen molar-refractivity contribution in [2.75, 3.05) is 7.11 Å². The molecule has 1 aromatic carbocycles. The quantitative estimate of drug-likeness (QED) is 0.494. The average Bonchev–Trinajstić information content (AvgIpc) is 2.19. The van der Waals surface area contributed by atoms with E-state index in [0.717, 1.165) is 25.0 Å². The van der Waals surface area contributed by atoms with Gasteiger partial charge in [0.25, 0.3) is 0 Å². The molecule has 1 aromatic rings. The van der Waals surface area contributed by atoms with E-state index in [4.69, 9.17) is 4.74 Å². The van der Waals surface area contributed by atoms with Crippen molar-refractivity contribution < 1.29 is 4.74 Å². The maximum atomic E-state index is 5.14. The molecule has 1 nitrogen and oxygen atoms in total. The molecule has 13 heavy (non-hydrogen) atoms. The fourth-order valence-electron chi connectivity index (χ4n) is 1.28. The number of hydrogen-bond donors (Lipinski definition) is 0. The molecule has 0 saturated carbocycles. The fraction of sp³-hybridized carbons (Fsp3) is 0.333. The van der Waals surface area contributed by atoms with Crippen LogP contribution in [0.2, 0.25) is 0 Å². The highest BCUT2D eigenvalue weighted by molar-refractivity contribution is 5.28. The molecule has 0 atom stereocenters. The van der Waals surface area contributed by atoms with Gasteiger partial charge in [0.05, 0.1) is 7.11 Å². The summed E-state index contributed by atoms with van der Waals surface area (Å²) in [5.74, 6) is 0.941. The van der Waals surface area contributed by atoms with Crippen LogP contribution >= 0.6 is 0 Å². The normalized spacial score (nSPS) is 9.62. The Balaban J connectivity index is 2.50. The molecule has 0 spiro atoms. The maximum absolute atomic E-state index is 5.14. The van der Waals surface area contributed by atoms with Gasteiger partial charge in [-0.3, -0.25) is 0 Å². The molecule has 0 heterocycles. The third-order valence-corrected chi connectivity index (χ3v) is 2.01. The van der Waals surface area contributed by atoms with Crippen molar-refractivity contribution in [2.24, 2.45) is 0 Å². The summed E-state index contributed by atoms with van der Waals surface area (Å²) in [6, 6.07) is 8.22. The lowest BCUT2D eigenvalue weighted by Gasteiger charge is -2.02. The Morgan fingerprint density at radius 1 is 1.46 bits per heavy atom. The smallest absolute Gasteiger partial charge is 0.119 e. The second-order valence-electron chi connectivity index (χ2n) is 3.03. The van der Waals surface area contributed by atoms with Crippen LogP contribution in [0.15, 0.2) is 36.9 Å². The topological polar surface area (TPSA) is 9.23 Å². The third kappa shape index (κ3) is 3.32. The predicted molar refractivity (Wildman–Crippen MR) is 56.1 cm³/mol. The molecule has 0 aliphatic heterocycles. The number of rotatable bonds is 5. The number of hydrogen-bond acceptors (Lipinski definition) is 1. The van der Waals surface area contributed by atoms with Gasteiger partial charge in [0.2, 0.25) is 0 Å². The van der Waals surface area contributed by atoms with Crippen LogP contribution in [-0.4, -0.2) is 7.11 Å². The van der Waals surface area contributed by atoms with Crippen LogP contribution in [-0.2, 0) is 6.42 Å². The van der Waals surface area contributed by atoms with Gasteiger partial charge in [-0.1, -0.05) is 18.2 Å². The first-order valence-electron chi connectivity index (χ1n) is 4.60. The van der Waals surface area contributed by atoms with Gasteiger partial charge >= 0.3 is 0 Å². The average molecular weight is 176 g/mol. The molecule has 1 heteroatoms. The minimum Gasteiger partial charge on any atom is -0.497 e. The number of benzene rings is 1. The Bertz CT molecular complexity index is 266. The van der Waals surface area contributed by atoms with E-state index in [9.17, 15) is 0 Å². The molecule has 0 unspecified atom stereocenters. The van der Waals surface area contributed by atoms with E-state index in [1.54, 1.807) is 7.11 Å². The van der Waals surface area contributed by atoms with Gasteiger partial charge in [-0.2, -0.15) is 0 Å². The zero-order valence-corrected chi connectivity index (χ0v) is 8.12. The van der Waals surface area contributed by atoms with Crippen LogP contribution in [0, 0.1) is 0 Å². The zero-order valence-electron chi connectivity index (χ0n) is 8.12. The number of unbranched alkanes of at least 4 members (excludes halogenated alkanes) is 1. The molecule has 0 aliphatic rings. The molecule has 0 N–H and O–H groups in total. The van der Waals surface area contributed by atoms with Crippen LogP contribution in [0.5, 0.6) is 5.75 Å². The molecule has 70 valence electrons. The first-order chi connectivity index (χ1) is 6.36. The van der Waals surface area contributed by atoms with Crippen molar-refractivity contribution in [3.05, 3.63) is 42.5 Å². The minimum atomic E-state index is 0.941. The van der Waals surface area contributed by atoms with Crippen molar-refractivity contribution in [2.45, 2.75) is 19.3 Å². The lowest BCUT2D eigenvalue weighted by atomic mass is 10.1. The van der Waals surface area contributed by atoms with Crippen molar-refractivity contribution in [1.82, 2.24) is 0 Å². The summed E-state index contributed by atoms with van der Waals surface area (Å²) >= 11 is 0. The summed E-state index contributed by atoms with van der Waals surface area (Å²) in [6.45, 7) is 3.70. The molecule has 0 saturated heterocycles. The molecule has 0 aromatic heterocycles. The van der Waals surface area contributed by atoms with E-state index in [-0.39, 0.29) is 0 Å². The number of allylic oxidation sites excluding steroid dienone is 1. The van der Waals surface area contributed by atoms with E-state index >= 15 is 0 Å². The number of methoxy groups -OCH3 is 1. The van der Waals surface area contributed by atoms with Crippen LogP contribution in [0.4, 0.5) is 0 Å². The van der Waals surface area contributed by atoms with E-state index in [0.29, 0.717) is 0 Å². The molecule has 0 bridgehead atoms. The monoisotopic (exact) mass is 176 g/mol. The van der Waals surface area contributed by atoms with Gasteiger partial charge in [-0.15, -0.1) is 6.58 Å². The second kappa shape index (κ2) is 5.41. The van der Waals surface area contributed by atoms with E-state index in [1.807, 2.05) is 18.2 Å². The highest BCUT2D eigenvalue weighted by Gasteiger charge is 1.94. The number of aryl methyl sites for hydroxylation is 1. The molecule has 0 radical (unpaired) electrons. The van der Waals surface area contributed by atoms with E-state index in [1.165, 1.54) is 5.56 Å². The first-order valence-corrected chi connectivity index (χ1v) is 4.60. The third-order valence-electron chi connectivity index (χ3n) is 2.01. The first kappa shape index (κ1) is 9.85. The van der Waals surface area contributed by atoms with E-state index < -0.39 is 0 Å². The minimum absolute atomic E-state index is 0.941. The van der Waals surface area contributed by atoms with Crippen molar-refractivity contribution in [1.29, 1.82) is 0 Å². The van der Waals surface area contributed by atoms with Gasteiger partial charge in [-0.25, -0.2) is 0 Å². The molecule has 1 rings (SSSR count). The molecule has 0 amide bonds. The Labute approximate surface area is 80.0 Å². The van der Waals surface area contributed by atoms with E-state index in [2.05, 4.69) is 18.7 Å². The SMILES string of the molecule is C=CCCCc1cccc(OC)c1. The lowest BCUT2D eigenvalue weighted by Crippen LogP contribution is -1.87. The zero-order chi connectivity index (χ0) is 9.52. The fourth-order valence-corrected chi connectivity index (χ4v) is 1.28. The predicted octanol–water partition coefficient (Wildman–Crippen LogP) is 3.20. The highest BCUT2D eigenvalue weighted by atomic mass is 16.5. The summed E-state index contributed by atoms with van der Waals surface area (Å²) in [6.07, 6.45) is 5.30. The van der Waals surface area contributed by atoms with Crippen molar-refractivity contribution in [3.8, 4) is 5.75 Å². The summed E-state index contributed by atoms with van der Waals surface area (Å²) in [5.41, 5.74) is 1.33. The van der Waals surface area contributed by atoms with Gasteiger partial charge in [0.1, 0.15) is 5.75 Å². The van der Waals surface area contributed by atoms with Gasteiger partial charge in [0.15, 0.2) is 0 Å². The van der Waals surface area contributed by atoms with Gasteiger partial charge < -0.3 is 4.74 Å². The van der Waals surface area contributed by atoms with Crippen LogP contribution in [0.1, 0.15) is 18.4 Å². The standard InChI is InChI=1S/C12H16O/c1-3-4-5-7-11-8-6-9-12(10-11)13-2/h3,6,8-10H,1,4-5,7H2,2H3. The maximum Gasteiger partial charge on any atom is 0.119 e. The summed E-state index contributed by atoms with van der Waals surface area (Å²) < 4.78 is 5.14. The summed E-state index contributed by atoms with van der Waals surface area (Å²) in [5, 5.41) is 0. The van der Waals surface area contributed by atoms with Gasteiger partial charge in [-0.05, 0) is 37.0 Å². The largest absolute Gasteiger partial charge is 0.497 e. The molecular formula is C12H16O. The Kier molecular flexibility index (Phi) is 4.10. The second-order valence-corrected chi connectivity index (χ2v) is 3.03. The number of ether oxygens (including phenoxy) is 1. The lowest BCUT2D eigenvalue weighted by molar-refractivity contribution is 0.414. The Morgan fingerprint density at radius 3 is 3.00 bits per heavy atom. The molecule has 0 aliphatic carbocycles. The molecular weight excluding hydrogens is 160 g/mol. The highest BCUT2D eigenvalue weighted by Crippen LogP contribution is 2.14. The Hall–Kier alpha value is -1.24. The van der Waals surface area contributed by atoms with Crippen LogP contribution in [0.3, 0.4) is 0 Å². The van der Waals surface area contributed by atoms with Gasteiger partial charge in [0, 0.05) is 0 Å². The van der Waals surface area contributed by atoms with Crippen molar-refractivity contribution >= 4 is 0 Å². The molecule has 0 fully saturated rings. The van der Waals surface area contributed by atoms with Crippen LogP contribution < -0.4 is 4.74 Å². The summed E-state index contributed by atoms with van der Waals surface area (Å²) in [4.78, 5) is 0. The Morgan fingerprint density at radius 2 is 2.31 bits per heavy atom. The van der Waals surface area contributed by atoms with Crippen LogP contribution in [0.25, 0.3) is 0 Å². The van der Waals surface area contributed by atoms with Crippen molar-refractivity contribution in [3.63, 3.8) is 0 Å². The summed E-state index contributed by atoms with van der Waals surface area (Å²) in [7, 11) is 1.70.